The van der Waals surface area contributed by atoms with E-state index >= 15 is 0 Å². The molecule has 0 saturated carbocycles. The molecule has 1 fully saturated rings. The Morgan fingerprint density at radius 2 is 2.23 bits per heavy atom. The SMILES string of the molecule is COC(=O)[C@@H]1CCN(C(=O)N[C@@H](C)c2ccc(Cl)s2)C[C@@H]1C. The Morgan fingerprint density at radius 3 is 2.77 bits per heavy atom. The highest BCUT2D eigenvalue weighted by molar-refractivity contribution is 7.16. The van der Waals surface area contributed by atoms with Crippen molar-refractivity contribution in [3.05, 3.63) is 21.3 Å². The second-order valence-corrected chi connectivity index (χ2v) is 7.40. The fourth-order valence-corrected chi connectivity index (χ4v) is 3.80. The lowest BCUT2D eigenvalue weighted by Crippen LogP contribution is -2.49. The topological polar surface area (TPSA) is 58.6 Å². The number of nitrogens with zero attached hydrogens (tertiary/aromatic N) is 1. The van der Waals surface area contributed by atoms with Crippen molar-refractivity contribution >= 4 is 34.9 Å². The molecule has 122 valence electrons. The van der Waals surface area contributed by atoms with Crippen molar-refractivity contribution in [2.45, 2.75) is 26.3 Å². The summed E-state index contributed by atoms with van der Waals surface area (Å²) in [4.78, 5) is 26.8. The minimum atomic E-state index is -0.186. The van der Waals surface area contributed by atoms with Gasteiger partial charge in [0.05, 0.1) is 23.4 Å². The molecule has 2 heterocycles. The van der Waals surface area contributed by atoms with Gasteiger partial charge >= 0.3 is 12.0 Å². The summed E-state index contributed by atoms with van der Waals surface area (Å²) < 4.78 is 5.52. The number of hydrogen-bond donors (Lipinski definition) is 1. The van der Waals surface area contributed by atoms with Gasteiger partial charge in [-0.15, -0.1) is 11.3 Å². The van der Waals surface area contributed by atoms with E-state index in [1.165, 1.54) is 18.4 Å². The molecule has 0 spiro atoms. The van der Waals surface area contributed by atoms with E-state index in [1.54, 1.807) is 4.90 Å². The highest BCUT2D eigenvalue weighted by atomic mass is 35.5. The fourth-order valence-electron chi connectivity index (χ4n) is 2.74. The number of esters is 1. The molecule has 0 aliphatic carbocycles. The maximum atomic E-state index is 12.4. The highest BCUT2D eigenvalue weighted by Crippen LogP contribution is 2.28. The Balaban J connectivity index is 1.90. The first-order chi connectivity index (χ1) is 10.4. The lowest BCUT2D eigenvalue weighted by molar-refractivity contribution is -0.148. The molecule has 0 bridgehead atoms. The number of carbonyl (C=O) groups is 2. The van der Waals surface area contributed by atoms with Crippen LogP contribution in [0.3, 0.4) is 0 Å². The number of piperidine rings is 1. The normalized spacial score (nSPS) is 23.0. The van der Waals surface area contributed by atoms with Gasteiger partial charge in [-0.05, 0) is 31.4 Å². The standard InChI is InChI=1S/C15H21ClN2O3S/c1-9-8-18(7-6-11(9)14(19)21-3)15(20)17-10(2)12-4-5-13(16)22-12/h4-5,9-11H,6-8H2,1-3H3,(H,17,20)/t9-,10-,11+/m0/s1. The van der Waals surface area contributed by atoms with Gasteiger partial charge in [-0.25, -0.2) is 4.79 Å². The summed E-state index contributed by atoms with van der Waals surface area (Å²) in [6.45, 7) is 5.03. The second-order valence-electron chi connectivity index (χ2n) is 5.65. The lowest BCUT2D eigenvalue weighted by Gasteiger charge is -2.36. The number of rotatable bonds is 3. The highest BCUT2D eigenvalue weighted by Gasteiger charge is 2.34. The maximum absolute atomic E-state index is 12.4. The Bertz CT molecular complexity index is 549. The third-order valence-corrected chi connectivity index (χ3v) is 5.47. The number of thiophene rings is 1. The number of carbonyl (C=O) groups excluding carboxylic acids is 2. The number of hydrogen-bond acceptors (Lipinski definition) is 4. The Kier molecular flexibility index (Phi) is 5.69. The first-order valence-electron chi connectivity index (χ1n) is 7.31. The molecule has 0 aromatic carbocycles. The third-order valence-electron chi connectivity index (χ3n) is 4.06. The predicted octanol–water partition coefficient (Wildman–Crippen LogP) is 3.30. The quantitative estimate of drug-likeness (QED) is 0.856. The van der Waals surface area contributed by atoms with Gasteiger partial charge in [-0.2, -0.15) is 0 Å². The van der Waals surface area contributed by atoms with Crippen molar-refractivity contribution in [3.63, 3.8) is 0 Å². The number of urea groups is 1. The zero-order chi connectivity index (χ0) is 16.3. The number of ether oxygens (including phenoxy) is 1. The van der Waals surface area contributed by atoms with Gasteiger partial charge in [0.25, 0.3) is 0 Å². The van der Waals surface area contributed by atoms with Gasteiger partial charge in [0.2, 0.25) is 0 Å². The molecular weight excluding hydrogens is 324 g/mol. The van der Waals surface area contributed by atoms with E-state index in [-0.39, 0.29) is 29.9 Å². The molecule has 3 atom stereocenters. The van der Waals surface area contributed by atoms with Gasteiger partial charge in [0.1, 0.15) is 0 Å². The zero-order valence-electron chi connectivity index (χ0n) is 13.0. The molecule has 1 aromatic heterocycles. The summed E-state index contributed by atoms with van der Waals surface area (Å²) >= 11 is 7.38. The van der Waals surface area contributed by atoms with Gasteiger partial charge < -0.3 is 15.0 Å². The summed E-state index contributed by atoms with van der Waals surface area (Å²) in [5.74, 6) is -0.213. The van der Waals surface area contributed by atoms with Crippen LogP contribution in [-0.4, -0.2) is 37.1 Å². The molecule has 1 aromatic rings. The van der Waals surface area contributed by atoms with Crippen molar-refractivity contribution < 1.29 is 14.3 Å². The van der Waals surface area contributed by atoms with Gasteiger partial charge in [0.15, 0.2) is 0 Å². The molecule has 2 rings (SSSR count). The van der Waals surface area contributed by atoms with Crippen molar-refractivity contribution in [2.75, 3.05) is 20.2 Å². The number of halogens is 1. The van der Waals surface area contributed by atoms with Gasteiger partial charge in [-0.3, -0.25) is 4.79 Å². The van der Waals surface area contributed by atoms with Crippen LogP contribution in [0.4, 0.5) is 4.79 Å². The zero-order valence-corrected chi connectivity index (χ0v) is 14.5. The monoisotopic (exact) mass is 344 g/mol. The summed E-state index contributed by atoms with van der Waals surface area (Å²) in [6, 6.07) is 3.56. The number of methoxy groups -OCH3 is 1. The van der Waals surface area contributed by atoms with E-state index in [0.717, 1.165) is 4.88 Å². The molecule has 1 aliphatic rings. The average molecular weight is 345 g/mol. The molecule has 0 radical (unpaired) electrons. The summed E-state index contributed by atoms with van der Waals surface area (Å²) in [5, 5.41) is 2.98. The largest absolute Gasteiger partial charge is 0.469 e. The van der Waals surface area contributed by atoms with E-state index in [0.29, 0.717) is 23.8 Å². The molecule has 1 saturated heterocycles. The Hall–Kier alpha value is -1.27. The number of nitrogens with one attached hydrogen (secondary N) is 1. The van der Waals surface area contributed by atoms with Crippen molar-refractivity contribution in [3.8, 4) is 0 Å². The first kappa shape index (κ1) is 17.1. The summed E-state index contributed by atoms with van der Waals surface area (Å²) in [5.41, 5.74) is 0. The molecular formula is C15H21ClN2O3S. The molecule has 2 amide bonds. The van der Waals surface area contributed by atoms with Crippen molar-refractivity contribution in [1.29, 1.82) is 0 Å². The number of likely N-dealkylation sites (tertiary alicyclic amines) is 1. The fraction of sp³-hybridized carbons (Fsp3) is 0.600. The smallest absolute Gasteiger partial charge is 0.317 e. The van der Waals surface area contributed by atoms with Crippen LogP contribution in [0.1, 0.15) is 31.2 Å². The molecule has 5 nitrogen and oxygen atoms in total. The van der Waals surface area contributed by atoms with Crippen LogP contribution in [0.5, 0.6) is 0 Å². The molecule has 7 heteroatoms. The minimum absolute atomic E-state index is 0.0846. The number of amides is 2. The minimum Gasteiger partial charge on any atom is -0.469 e. The Morgan fingerprint density at radius 1 is 1.50 bits per heavy atom. The summed E-state index contributed by atoms with van der Waals surface area (Å²) in [7, 11) is 1.40. The van der Waals surface area contributed by atoms with E-state index in [4.69, 9.17) is 16.3 Å². The van der Waals surface area contributed by atoms with Crippen molar-refractivity contribution in [2.24, 2.45) is 11.8 Å². The van der Waals surface area contributed by atoms with Gasteiger partial charge in [-0.1, -0.05) is 18.5 Å². The summed E-state index contributed by atoms with van der Waals surface area (Å²) in [6.07, 6.45) is 0.639. The van der Waals surface area contributed by atoms with E-state index in [9.17, 15) is 9.59 Å². The van der Waals surface area contributed by atoms with Crippen LogP contribution in [0.15, 0.2) is 12.1 Å². The Labute approximate surface area is 139 Å². The maximum Gasteiger partial charge on any atom is 0.317 e. The lowest BCUT2D eigenvalue weighted by atomic mass is 9.87. The van der Waals surface area contributed by atoms with Gasteiger partial charge in [0, 0.05) is 18.0 Å². The predicted molar refractivity (Wildman–Crippen MR) is 87.1 cm³/mol. The van der Waals surface area contributed by atoms with Crippen LogP contribution < -0.4 is 5.32 Å². The van der Waals surface area contributed by atoms with Crippen LogP contribution in [0.25, 0.3) is 0 Å². The molecule has 1 N–H and O–H groups in total. The third kappa shape index (κ3) is 3.93. The van der Waals surface area contributed by atoms with Crippen LogP contribution in [0, 0.1) is 11.8 Å². The second kappa shape index (κ2) is 7.33. The van der Waals surface area contributed by atoms with Crippen LogP contribution in [-0.2, 0) is 9.53 Å². The van der Waals surface area contributed by atoms with Crippen LogP contribution >= 0.6 is 22.9 Å². The van der Waals surface area contributed by atoms with E-state index < -0.39 is 0 Å². The first-order valence-corrected chi connectivity index (χ1v) is 8.50. The van der Waals surface area contributed by atoms with E-state index in [2.05, 4.69) is 5.32 Å². The molecule has 0 unspecified atom stereocenters. The van der Waals surface area contributed by atoms with Crippen molar-refractivity contribution in [1.82, 2.24) is 10.2 Å². The van der Waals surface area contributed by atoms with Crippen LogP contribution in [0.2, 0.25) is 4.34 Å². The molecule has 1 aliphatic heterocycles. The molecule has 22 heavy (non-hydrogen) atoms. The van der Waals surface area contributed by atoms with E-state index in [1.807, 2.05) is 26.0 Å². The average Bonchev–Trinajstić information content (AvgIpc) is 2.93.